The molecule has 0 saturated carbocycles. The van der Waals surface area contributed by atoms with Crippen LogP contribution in [-0.2, 0) is 14.3 Å². The monoisotopic (exact) mass is 450 g/mol. The molecule has 0 bridgehead atoms. The van der Waals surface area contributed by atoms with E-state index in [1.54, 1.807) is 0 Å². The lowest BCUT2D eigenvalue weighted by Crippen LogP contribution is -2.19. The summed E-state index contributed by atoms with van der Waals surface area (Å²) in [7, 11) is 0. The van der Waals surface area contributed by atoms with E-state index in [0.29, 0.717) is 0 Å². The first-order valence-electron chi connectivity index (χ1n) is 13.1. The molecule has 0 amide bonds. The molecule has 0 saturated heterocycles. The van der Waals surface area contributed by atoms with Gasteiger partial charge in [-0.2, -0.15) is 0 Å². The lowest BCUT2D eigenvalue weighted by molar-refractivity contribution is -0.141. The van der Waals surface area contributed by atoms with Gasteiger partial charge in [0, 0.05) is 36.6 Å². The Bertz CT molecular complexity index is 541. The summed E-state index contributed by atoms with van der Waals surface area (Å²) in [6.45, 7) is 9.93. The third kappa shape index (κ3) is 20.1. The second kappa shape index (κ2) is 22.4. The van der Waals surface area contributed by atoms with Crippen molar-refractivity contribution in [3.8, 4) is 0 Å². The number of hydrogen-bond donors (Lipinski definition) is 2. The van der Waals surface area contributed by atoms with Crippen molar-refractivity contribution in [2.45, 2.75) is 118 Å². The molecule has 0 aromatic heterocycles. The number of carbonyl (C=O) groups is 2. The fourth-order valence-corrected chi connectivity index (χ4v) is 3.49. The van der Waals surface area contributed by atoms with Crippen LogP contribution in [0.2, 0.25) is 0 Å². The minimum atomic E-state index is -0.455. The highest BCUT2D eigenvalue weighted by molar-refractivity contribution is 5.93. The van der Waals surface area contributed by atoms with Crippen molar-refractivity contribution in [2.24, 2.45) is 0 Å². The van der Waals surface area contributed by atoms with Crippen LogP contribution in [0, 0.1) is 0 Å². The number of nitrogens with one attached hydrogen (secondary N) is 2. The number of hydrogen-bond acceptors (Lipinski definition) is 5. The zero-order valence-corrected chi connectivity index (χ0v) is 21.4. The zero-order chi connectivity index (χ0) is 23.9. The molecule has 0 aromatic rings. The molecule has 5 heteroatoms. The molecule has 0 aliphatic carbocycles. The molecular formula is C27H50N2O3. The zero-order valence-electron chi connectivity index (χ0n) is 21.4. The number of rotatable bonds is 22. The van der Waals surface area contributed by atoms with E-state index in [1.807, 2.05) is 6.92 Å². The number of carbonyl (C=O) groups excluding carboxylic acids is 2. The summed E-state index contributed by atoms with van der Waals surface area (Å²) >= 11 is 0. The van der Waals surface area contributed by atoms with Gasteiger partial charge in [-0.25, -0.2) is 4.79 Å². The van der Waals surface area contributed by atoms with Crippen LogP contribution < -0.4 is 10.6 Å². The Morgan fingerprint density at radius 2 is 1.22 bits per heavy atom. The first-order valence-corrected chi connectivity index (χ1v) is 13.1. The molecular weight excluding hydrogens is 400 g/mol. The molecule has 0 spiro atoms. The third-order valence-corrected chi connectivity index (χ3v) is 5.36. The summed E-state index contributed by atoms with van der Waals surface area (Å²) in [6.07, 6.45) is 19.7. The Balaban J connectivity index is 4.13. The quantitative estimate of drug-likeness (QED) is 0.111. The van der Waals surface area contributed by atoms with Crippen LogP contribution in [-0.4, -0.2) is 31.4 Å². The van der Waals surface area contributed by atoms with Gasteiger partial charge in [-0.1, -0.05) is 91.4 Å². The molecule has 0 fully saturated rings. The second-order valence-corrected chi connectivity index (χ2v) is 8.71. The number of esters is 1. The topological polar surface area (TPSA) is 67.4 Å². The molecule has 0 aromatic carbocycles. The molecule has 0 rings (SSSR count). The molecule has 186 valence electrons. The first-order chi connectivity index (χ1) is 15.5. The Morgan fingerprint density at radius 1 is 0.688 bits per heavy atom. The van der Waals surface area contributed by atoms with Gasteiger partial charge in [-0.15, -0.1) is 0 Å². The number of ketones is 1. The molecule has 2 N–H and O–H groups in total. The van der Waals surface area contributed by atoms with Crippen LogP contribution in [0.1, 0.15) is 118 Å². The van der Waals surface area contributed by atoms with Gasteiger partial charge in [0.2, 0.25) is 0 Å². The van der Waals surface area contributed by atoms with Crippen molar-refractivity contribution in [3.05, 3.63) is 23.5 Å². The Labute approximate surface area is 197 Å². The summed E-state index contributed by atoms with van der Waals surface area (Å²) < 4.78 is 5.16. The van der Waals surface area contributed by atoms with Gasteiger partial charge < -0.3 is 15.4 Å². The predicted octanol–water partition coefficient (Wildman–Crippen LogP) is 6.59. The fraction of sp³-hybridized carbons (Fsp3) is 0.778. The summed E-state index contributed by atoms with van der Waals surface area (Å²) in [5.74, 6) is -0.653. The molecule has 5 nitrogen and oxygen atoms in total. The average molecular weight is 451 g/mol. The van der Waals surface area contributed by atoms with E-state index in [4.69, 9.17) is 4.74 Å². The van der Waals surface area contributed by atoms with Crippen LogP contribution in [0.3, 0.4) is 0 Å². The van der Waals surface area contributed by atoms with Crippen molar-refractivity contribution in [3.63, 3.8) is 0 Å². The summed E-state index contributed by atoms with van der Waals surface area (Å²) in [5, 5.41) is 6.62. The minimum Gasteiger partial charge on any atom is -0.454 e. The van der Waals surface area contributed by atoms with E-state index in [2.05, 4.69) is 31.4 Å². The van der Waals surface area contributed by atoms with Gasteiger partial charge in [-0.05, 0) is 26.2 Å². The smallest absolute Gasteiger partial charge is 0.332 e. The largest absolute Gasteiger partial charge is 0.454 e. The molecule has 32 heavy (non-hydrogen) atoms. The maximum atomic E-state index is 12.1. The van der Waals surface area contributed by atoms with Crippen molar-refractivity contribution in [1.82, 2.24) is 10.6 Å². The molecule has 0 atom stereocenters. The summed E-state index contributed by atoms with van der Waals surface area (Å²) in [6, 6.07) is 0. The van der Waals surface area contributed by atoms with Gasteiger partial charge in [0.05, 0.1) is 0 Å². The maximum absolute atomic E-state index is 12.1. The van der Waals surface area contributed by atoms with E-state index >= 15 is 0 Å². The second-order valence-electron chi connectivity index (χ2n) is 8.71. The van der Waals surface area contributed by atoms with Gasteiger partial charge in [0.15, 0.2) is 12.4 Å². The van der Waals surface area contributed by atoms with Crippen molar-refractivity contribution in [1.29, 1.82) is 0 Å². The first kappa shape index (κ1) is 30.2. The fourth-order valence-electron chi connectivity index (χ4n) is 3.49. The highest BCUT2D eigenvalue weighted by Gasteiger charge is 2.06. The van der Waals surface area contributed by atoms with Gasteiger partial charge >= 0.3 is 5.97 Å². The third-order valence-electron chi connectivity index (χ3n) is 5.36. The van der Waals surface area contributed by atoms with E-state index in [0.717, 1.165) is 50.2 Å². The lowest BCUT2D eigenvalue weighted by Gasteiger charge is -2.10. The molecule has 0 aliphatic heterocycles. The van der Waals surface area contributed by atoms with Gasteiger partial charge in [0.25, 0.3) is 0 Å². The predicted molar refractivity (Wildman–Crippen MR) is 135 cm³/mol. The van der Waals surface area contributed by atoms with E-state index < -0.39 is 5.97 Å². The van der Waals surface area contributed by atoms with Crippen LogP contribution in [0.25, 0.3) is 0 Å². The van der Waals surface area contributed by atoms with Crippen molar-refractivity contribution < 1.29 is 14.3 Å². The van der Waals surface area contributed by atoms with Crippen LogP contribution in [0.4, 0.5) is 0 Å². The van der Waals surface area contributed by atoms with Gasteiger partial charge in [-0.3, -0.25) is 4.79 Å². The summed E-state index contributed by atoms with van der Waals surface area (Å²) in [4.78, 5) is 24.2. The number of allylic oxidation sites excluding steroid dienone is 2. The summed E-state index contributed by atoms with van der Waals surface area (Å²) in [5.41, 5.74) is 1.72. The van der Waals surface area contributed by atoms with E-state index in [9.17, 15) is 9.59 Å². The SMILES string of the molecule is CCCCCCCCNC(C)=CC(=O)COC(=O)C=C(CCC)NCCCCCCCC. The Kier molecular flexibility index (Phi) is 21.2. The maximum Gasteiger partial charge on any atom is 0.332 e. The highest BCUT2D eigenvalue weighted by Crippen LogP contribution is 2.07. The van der Waals surface area contributed by atoms with Gasteiger partial charge in [0.1, 0.15) is 0 Å². The highest BCUT2D eigenvalue weighted by atomic mass is 16.5. The van der Waals surface area contributed by atoms with Crippen molar-refractivity contribution >= 4 is 11.8 Å². The van der Waals surface area contributed by atoms with E-state index in [-0.39, 0.29) is 12.4 Å². The lowest BCUT2D eigenvalue weighted by atomic mass is 10.1. The minimum absolute atomic E-state index is 0.197. The average Bonchev–Trinajstić information content (AvgIpc) is 2.76. The van der Waals surface area contributed by atoms with Crippen LogP contribution in [0.5, 0.6) is 0 Å². The normalized spacial score (nSPS) is 12.0. The van der Waals surface area contributed by atoms with Crippen molar-refractivity contribution in [2.75, 3.05) is 19.7 Å². The van der Waals surface area contributed by atoms with Crippen LogP contribution >= 0.6 is 0 Å². The number of ether oxygens (including phenoxy) is 1. The molecule has 0 unspecified atom stereocenters. The van der Waals surface area contributed by atoms with E-state index in [1.165, 1.54) is 76.4 Å². The standard InChI is InChI=1S/C27H50N2O3/c1-5-8-10-12-14-16-19-28-24(4)21-26(30)23-32-27(31)22-25(18-7-3)29-20-17-15-13-11-9-6-2/h21-22,28-29H,5-20,23H2,1-4H3. The Hall–Kier alpha value is -1.78. The molecule has 0 heterocycles. The Morgan fingerprint density at radius 3 is 1.78 bits per heavy atom. The molecule has 0 radical (unpaired) electrons. The molecule has 0 aliphatic rings. The number of unbranched alkanes of at least 4 members (excludes halogenated alkanes) is 10. The van der Waals surface area contributed by atoms with Crippen LogP contribution in [0.15, 0.2) is 23.5 Å².